The van der Waals surface area contributed by atoms with E-state index in [9.17, 15) is 4.79 Å². The summed E-state index contributed by atoms with van der Waals surface area (Å²) in [6.45, 7) is 3.75. The highest BCUT2D eigenvalue weighted by Gasteiger charge is 2.19. The largest absolute Gasteiger partial charge is 0.465 e. The lowest BCUT2D eigenvalue weighted by Crippen LogP contribution is -2.06. The van der Waals surface area contributed by atoms with Crippen LogP contribution in [0.25, 0.3) is 5.57 Å². The van der Waals surface area contributed by atoms with Crippen molar-refractivity contribution in [2.75, 3.05) is 7.11 Å². The number of hydrogen-bond donors (Lipinski definition) is 0. The summed E-state index contributed by atoms with van der Waals surface area (Å²) in [5.41, 5.74) is 2.28. The number of carbonyl (C=O) groups excluding carboxylic acids is 1. The van der Waals surface area contributed by atoms with Gasteiger partial charge in [-0.25, -0.2) is 4.79 Å². The van der Waals surface area contributed by atoms with Gasteiger partial charge in [0.2, 0.25) is 0 Å². The van der Waals surface area contributed by atoms with Gasteiger partial charge in [0, 0.05) is 5.02 Å². The van der Waals surface area contributed by atoms with Gasteiger partial charge in [0.25, 0.3) is 0 Å². The lowest BCUT2D eigenvalue weighted by molar-refractivity contribution is -0.133. The minimum absolute atomic E-state index is 0.347. The molecule has 0 heterocycles. The Morgan fingerprint density at radius 2 is 2.00 bits per heavy atom. The molecule has 3 heteroatoms. The molecule has 1 aliphatic rings. The first-order valence-corrected chi connectivity index (χ1v) is 7.08. The van der Waals surface area contributed by atoms with E-state index in [0.29, 0.717) is 11.5 Å². The molecule has 0 aliphatic heterocycles. The maximum atomic E-state index is 11.4. The Morgan fingerprint density at radius 3 is 2.58 bits per heavy atom. The van der Waals surface area contributed by atoms with Crippen LogP contribution >= 0.6 is 11.6 Å². The smallest absolute Gasteiger partial charge is 0.337 e. The summed E-state index contributed by atoms with van der Waals surface area (Å²) in [5, 5.41) is 0.731. The summed E-state index contributed by atoms with van der Waals surface area (Å²) in [5.74, 6) is 0.142. The molecule has 1 fully saturated rings. The molecule has 102 valence electrons. The second-order valence-corrected chi connectivity index (χ2v) is 5.45. The zero-order valence-corrected chi connectivity index (χ0v) is 12.0. The SMILES string of the molecule is C=C(C(=O)OC)c1ccc(C2CCCCC2)c(Cl)c1. The average molecular weight is 279 g/mol. The lowest BCUT2D eigenvalue weighted by Gasteiger charge is -2.23. The fourth-order valence-corrected chi connectivity index (χ4v) is 3.04. The number of halogens is 1. The summed E-state index contributed by atoms with van der Waals surface area (Å²) in [7, 11) is 1.35. The van der Waals surface area contributed by atoms with Crippen LogP contribution in [-0.4, -0.2) is 13.1 Å². The van der Waals surface area contributed by atoms with Crippen LogP contribution in [0.1, 0.15) is 49.1 Å². The van der Waals surface area contributed by atoms with Crippen molar-refractivity contribution in [1.29, 1.82) is 0 Å². The maximum Gasteiger partial charge on any atom is 0.337 e. The fourth-order valence-electron chi connectivity index (χ4n) is 2.70. The van der Waals surface area contributed by atoms with Crippen molar-refractivity contribution in [2.45, 2.75) is 38.0 Å². The minimum Gasteiger partial charge on any atom is -0.465 e. The monoisotopic (exact) mass is 278 g/mol. The number of benzene rings is 1. The number of hydrogen-bond acceptors (Lipinski definition) is 2. The predicted molar refractivity (Wildman–Crippen MR) is 78.3 cm³/mol. The molecular formula is C16H19ClO2. The van der Waals surface area contributed by atoms with E-state index in [2.05, 4.69) is 11.3 Å². The van der Waals surface area contributed by atoms with E-state index in [1.807, 2.05) is 18.2 Å². The molecule has 1 saturated carbocycles. The average Bonchev–Trinajstić information content (AvgIpc) is 2.46. The van der Waals surface area contributed by atoms with Crippen molar-refractivity contribution in [3.63, 3.8) is 0 Å². The molecule has 19 heavy (non-hydrogen) atoms. The number of methoxy groups -OCH3 is 1. The van der Waals surface area contributed by atoms with Crippen LogP contribution in [0.5, 0.6) is 0 Å². The molecule has 0 radical (unpaired) electrons. The van der Waals surface area contributed by atoms with Crippen molar-refractivity contribution < 1.29 is 9.53 Å². The number of carbonyl (C=O) groups is 1. The molecule has 0 saturated heterocycles. The third-order valence-electron chi connectivity index (χ3n) is 3.83. The highest BCUT2D eigenvalue weighted by atomic mass is 35.5. The summed E-state index contributed by atoms with van der Waals surface area (Å²) >= 11 is 6.36. The zero-order valence-electron chi connectivity index (χ0n) is 11.2. The Hall–Kier alpha value is -1.28. The summed E-state index contributed by atoms with van der Waals surface area (Å²) in [6.07, 6.45) is 6.29. The van der Waals surface area contributed by atoms with Gasteiger partial charge in [-0.15, -0.1) is 0 Å². The van der Waals surface area contributed by atoms with Gasteiger partial charge < -0.3 is 4.74 Å². The van der Waals surface area contributed by atoms with E-state index in [-0.39, 0.29) is 0 Å². The van der Waals surface area contributed by atoms with E-state index in [0.717, 1.165) is 10.6 Å². The van der Waals surface area contributed by atoms with Crippen LogP contribution in [0.15, 0.2) is 24.8 Å². The van der Waals surface area contributed by atoms with Crippen molar-refractivity contribution in [3.05, 3.63) is 40.9 Å². The van der Waals surface area contributed by atoms with Gasteiger partial charge >= 0.3 is 5.97 Å². The molecule has 0 aromatic heterocycles. The Morgan fingerprint density at radius 1 is 1.32 bits per heavy atom. The van der Waals surface area contributed by atoms with Crippen LogP contribution in [0.3, 0.4) is 0 Å². The topological polar surface area (TPSA) is 26.3 Å². The second-order valence-electron chi connectivity index (χ2n) is 5.04. The molecule has 0 N–H and O–H groups in total. The molecule has 0 bridgehead atoms. The first kappa shape index (κ1) is 14.1. The van der Waals surface area contributed by atoms with Crippen LogP contribution in [-0.2, 0) is 9.53 Å². The number of esters is 1. The molecule has 0 atom stereocenters. The van der Waals surface area contributed by atoms with E-state index >= 15 is 0 Å². The Labute approximate surface area is 119 Å². The molecule has 2 rings (SSSR count). The molecule has 0 unspecified atom stereocenters. The van der Waals surface area contributed by atoms with Crippen molar-refractivity contribution in [1.82, 2.24) is 0 Å². The highest BCUT2D eigenvalue weighted by molar-refractivity contribution is 6.32. The van der Waals surface area contributed by atoms with Gasteiger partial charge in [0.1, 0.15) is 0 Å². The minimum atomic E-state index is -0.415. The van der Waals surface area contributed by atoms with Gasteiger partial charge in [0.15, 0.2) is 0 Å². The van der Waals surface area contributed by atoms with Crippen LogP contribution in [0.2, 0.25) is 5.02 Å². The molecule has 2 nitrogen and oxygen atoms in total. The Kier molecular flexibility index (Phi) is 4.65. The molecule has 0 amide bonds. The standard InChI is InChI=1S/C16H19ClO2/c1-11(16(18)19-2)13-8-9-14(15(17)10-13)12-6-4-3-5-7-12/h8-10,12H,1,3-7H2,2H3. The first-order chi connectivity index (χ1) is 9.13. The van der Waals surface area contributed by atoms with Crippen LogP contribution in [0, 0.1) is 0 Å². The summed E-state index contributed by atoms with van der Waals surface area (Å²) in [6, 6.07) is 5.77. The van der Waals surface area contributed by atoms with E-state index in [1.165, 1.54) is 44.8 Å². The molecule has 1 aliphatic carbocycles. The normalized spacial score (nSPS) is 16.1. The Bertz CT molecular complexity index is 488. The van der Waals surface area contributed by atoms with Crippen molar-refractivity contribution in [3.8, 4) is 0 Å². The zero-order chi connectivity index (χ0) is 13.8. The van der Waals surface area contributed by atoms with E-state index < -0.39 is 5.97 Å². The van der Waals surface area contributed by atoms with Crippen LogP contribution < -0.4 is 0 Å². The van der Waals surface area contributed by atoms with E-state index in [4.69, 9.17) is 11.6 Å². The predicted octanol–water partition coefficient (Wildman–Crippen LogP) is 4.57. The summed E-state index contributed by atoms with van der Waals surface area (Å²) in [4.78, 5) is 11.4. The Balaban J connectivity index is 2.21. The number of rotatable bonds is 3. The van der Waals surface area contributed by atoms with Crippen LogP contribution in [0.4, 0.5) is 0 Å². The summed E-state index contributed by atoms with van der Waals surface area (Å²) < 4.78 is 4.67. The fraction of sp³-hybridized carbons (Fsp3) is 0.438. The van der Waals surface area contributed by atoms with Gasteiger partial charge in [0.05, 0.1) is 12.7 Å². The van der Waals surface area contributed by atoms with Crippen molar-refractivity contribution in [2.24, 2.45) is 0 Å². The lowest BCUT2D eigenvalue weighted by atomic mass is 9.83. The quantitative estimate of drug-likeness (QED) is 0.598. The maximum absolute atomic E-state index is 11.4. The highest BCUT2D eigenvalue weighted by Crippen LogP contribution is 2.37. The van der Waals surface area contributed by atoms with Gasteiger partial charge in [-0.05, 0) is 36.0 Å². The molecular weight excluding hydrogens is 260 g/mol. The van der Waals surface area contributed by atoms with Gasteiger partial charge in [-0.2, -0.15) is 0 Å². The van der Waals surface area contributed by atoms with Gasteiger partial charge in [-0.1, -0.05) is 49.6 Å². The molecule has 0 spiro atoms. The number of ether oxygens (including phenoxy) is 1. The third kappa shape index (κ3) is 3.19. The molecule has 1 aromatic carbocycles. The third-order valence-corrected chi connectivity index (χ3v) is 4.15. The van der Waals surface area contributed by atoms with Gasteiger partial charge in [-0.3, -0.25) is 0 Å². The molecule has 1 aromatic rings. The second kappa shape index (κ2) is 6.25. The first-order valence-electron chi connectivity index (χ1n) is 6.70. The van der Waals surface area contributed by atoms with E-state index in [1.54, 1.807) is 0 Å². The van der Waals surface area contributed by atoms with Crippen molar-refractivity contribution >= 4 is 23.1 Å².